The van der Waals surface area contributed by atoms with Crippen LogP contribution < -0.4 is 0 Å². The van der Waals surface area contributed by atoms with Gasteiger partial charge in [0.25, 0.3) is 0 Å². The van der Waals surface area contributed by atoms with Crippen molar-refractivity contribution in [2.45, 2.75) is 12.8 Å². The maximum Gasteiger partial charge on any atom is 0.356 e. The monoisotopic (exact) mass is 237 g/mol. The van der Waals surface area contributed by atoms with Gasteiger partial charge in [0.15, 0.2) is 5.71 Å². The van der Waals surface area contributed by atoms with Gasteiger partial charge in [0, 0.05) is 0 Å². The molecular formula is C12H15NO4. The highest BCUT2D eigenvalue weighted by Gasteiger charge is 2.07. The first-order valence-corrected chi connectivity index (χ1v) is 5.31. The third kappa shape index (κ3) is 5.12. The third-order valence-electron chi connectivity index (χ3n) is 2.12. The Bertz CT molecular complexity index is 375. The molecule has 17 heavy (non-hydrogen) atoms. The molecule has 1 aromatic rings. The fraction of sp³-hybridized carbons (Fsp3) is 0.333. The molecule has 92 valence electrons. The Balaban J connectivity index is 2.23. The van der Waals surface area contributed by atoms with E-state index in [1.54, 1.807) is 0 Å². The minimum atomic E-state index is -1.27. The van der Waals surface area contributed by atoms with Crippen molar-refractivity contribution >= 4 is 11.7 Å². The average molecular weight is 237 g/mol. The van der Waals surface area contributed by atoms with E-state index in [0.29, 0.717) is 6.61 Å². The van der Waals surface area contributed by atoms with Crippen molar-refractivity contribution < 1.29 is 19.8 Å². The second-order valence-corrected chi connectivity index (χ2v) is 3.42. The molecule has 0 aliphatic heterocycles. The molecule has 0 aromatic heterocycles. The fourth-order valence-electron chi connectivity index (χ4n) is 1.24. The molecule has 0 spiro atoms. The Labute approximate surface area is 99.3 Å². The molecule has 0 aliphatic rings. The number of rotatable bonds is 7. The number of aryl methyl sites for hydroxylation is 1. The number of hydrogen-bond donors (Lipinski definition) is 2. The highest BCUT2D eigenvalue weighted by molar-refractivity contribution is 6.35. The van der Waals surface area contributed by atoms with Crippen LogP contribution in [0.1, 0.15) is 12.0 Å². The van der Waals surface area contributed by atoms with Gasteiger partial charge in [0.05, 0.1) is 6.61 Å². The van der Waals surface area contributed by atoms with Crippen LogP contribution in [0.15, 0.2) is 35.5 Å². The van der Waals surface area contributed by atoms with Crippen LogP contribution in [0, 0.1) is 0 Å². The van der Waals surface area contributed by atoms with Crippen molar-refractivity contribution in [3.05, 3.63) is 35.9 Å². The molecule has 0 atom stereocenters. The van der Waals surface area contributed by atoms with E-state index >= 15 is 0 Å². The van der Waals surface area contributed by atoms with Crippen molar-refractivity contribution in [1.82, 2.24) is 0 Å². The van der Waals surface area contributed by atoms with Gasteiger partial charge in [-0.1, -0.05) is 35.5 Å². The SMILES string of the molecule is O=C(O)/C(CO)=N/OCCCc1ccccc1. The summed E-state index contributed by atoms with van der Waals surface area (Å²) in [6.07, 6.45) is 1.59. The molecule has 0 saturated heterocycles. The summed E-state index contributed by atoms with van der Waals surface area (Å²) >= 11 is 0. The quantitative estimate of drug-likeness (QED) is 0.422. The minimum Gasteiger partial charge on any atom is -0.477 e. The number of nitrogens with zero attached hydrogens (tertiary/aromatic N) is 1. The first kappa shape index (κ1) is 13.2. The van der Waals surface area contributed by atoms with Gasteiger partial charge in [-0.2, -0.15) is 0 Å². The summed E-state index contributed by atoms with van der Waals surface area (Å²) in [6, 6.07) is 9.90. The van der Waals surface area contributed by atoms with E-state index < -0.39 is 12.6 Å². The van der Waals surface area contributed by atoms with Crippen LogP contribution in [-0.2, 0) is 16.1 Å². The van der Waals surface area contributed by atoms with Crippen molar-refractivity contribution in [2.75, 3.05) is 13.2 Å². The minimum absolute atomic E-state index is 0.325. The van der Waals surface area contributed by atoms with Crippen molar-refractivity contribution in [1.29, 1.82) is 0 Å². The highest BCUT2D eigenvalue weighted by Crippen LogP contribution is 2.02. The Kier molecular flexibility index (Phi) is 5.74. The Morgan fingerprint density at radius 1 is 1.29 bits per heavy atom. The van der Waals surface area contributed by atoms with Gasteiger partial charge in [0.1, 0.15) is 6.61 Å². The number of benzene rings is 1. The Morgan fingerprint density at radius 3 is 2.59 bits per heavy atom. The van der Waals surface area contributed by atoms with Gasteiger partial charge in [-0.15, -0.1) is 0 Å². The molecule has 2 N–H and O–H groups in total. The van der Waals surface area contributed by atoms with Crippen molar-refractivity contribution in [3.8, 4) is 0 Å². The third-order valence-corrected chi connectivity index (χ3v) is 2.12. The molecule has 5 nitrogen and oxygen atoms in total. The van der Waals surface area contributed by atoms with E-state index in [4.69, 9.17) is 15.1 Å². The van der Waals surface area contributed by atoms with Crippen molar-refractivity contribution in [2.24, 2.45) is 5.16 Å². The zero-order valence-corrected chi connectivity index (χ0v) is 9.37. The van der Waals surface area contributed by atoms with E-state index in [2.05, 4.69) is 5.16 Å². The molecule has 1 aromatic carbocycles. The summed E-state index contributed by atoms with van der Waals surface area (Å²) in [5.41, 5.74) is 0.811. The molecule has 0 aliphatic carbocycles. The summed E-state index contributed by atoms with van der Waals surface area (Å²) in [4.78, 5) is 15.3. The van der Waals surface area contributed by atoms with Crippen LogP contribution in [0.5, 0.6) is 0 Å². The predicted molar refractivity (Wildman–Crippen MR) is 62.9 cm³/mol. The highest BCUT2D eigenvalue weighted by atomic mass is 16.6. The topological polar surface area (TPSA) is 79.1 Å². The number of oxime groups is 1. The van der Waals surface area contributed by atoms with Gasteiger partial charge in [-0.3, -0.25) is 0 Å². The predicted octanol–water partition coefficient (Wildman–Crippen LogP) is 1.07. The van der Waals surface area contributed by atoms with Crippen LogP contribution in [0.2, 0.25) is 0 Å². The molecule has 0 radical (unpaired) electrons. The van der Waals surface area contributed by atoms with Gasteiger partial charge in [-0.25, -0.2) is 4.79 Å². The molecule has 0 saturated carbocycles. The zero-order chi connectivity index (χ0) is 12.5. The number of carbonyl (C=O) groups is 1. The summed E-state index contributed by atoms with van der Waals surface area (Å²) in [5, 5.41) is 20.5. The lowest BCUT2D eigenvalue weighted by molar-refractivity contribution is -0.129. The number of carboxylic acids is 1. The van der Waals surface area contributed by atoms with Gasteiger partial charge in [0.2, 0.25) is 0 Å². The molecule has 5 heteroatoms. The van der Waals surface area contributed by atoms with Crippen LogP contribution in [0.25, 0.3) is 0 Å². The number of aliphatic hydroxyl groups excluding tert-OH is 1. The van der Waals surface area contributed by atoms with Crippen LogP contribution >= 0.6 is 0 Å². The summed E-state index contributed by atoms with van der Waals surface area (Å²) < 4.78 is 0. The molecular weight excluding hydrogens is 222 g/mol. The second kappa shape index (κ2) is 7.40. The average Bonchev–Trinajstić information content (AvgIpc) is 2.34. The maximum absolute atomic E-state index is 10.4. The number of hydrogen-bond acceptors (Lipinski definition) is 4. The fourth-order valence-corrected chi connectivity index (χ4v) is 1.24. The van der Waals surface area contributed by atoms with Crippen LogP contribution in [0.3, 0.4) is 0 Å². The second-order valence-electron chi connectivity index (χ2n) is 3.42. The largest absolute Gasteiger partial charge is 0.477 e. The molecule has 0 fully saturated rings. The first-order chi connectivity index (χ1) is 8.24. The molecule has 0 heterocycles. The van der Waals surface area contributed by atoms with E-state index in [1.807, 2.05) is 30.3 Å². The zero-order valence-electron chi connectivity index (χ0n) is 9.37. The van der Waals surface area contributed by atoms with E-state index in [9.17, 15) is 4.79 Å². The lowest BCUT2D eigenvalue weighted by Gasteiger charge is -2.01. The van der Waals surface area contributed by atoms with Crippen LogP contribution in [0.4, 0.5) is 0 Å². The van der Waals surface area contributed by atoms with Gasteiger partial charge in [-0.05, 0) is 18.4 Å². The standard InChI is InChI=1S/C12H15NO4/c14-9-11(12(15)16)13-17-8-4-7-10-5-2-1-3-6-10/h1-3,5-6,14H,4,7-9H2,(H,15,16)/b13-11+. The number of carboxylic acid groups (broad SMARTS) is 1. The summed E-state index contributed by atoms with van der Waals surface area (Å²) in [5.74, 6) is -1.27. The summed E-state index contributed by atoms with van der Waals surface area (Å²) in [7, 11) is 0. The smallest absolute Gasteiger partial charge is 0.356 e. The van der Waals surface area contributed by atoms with E-state index in [-0.39, 0.29) is 5.71 Å². The van der Waals surface area contributed by atoms with E-state index in [0.717, 1.165) is 12.8 Å². The Morgan fingerprint density at radius 2 is 2.00 bits per heavy atom. The van der Waals surface area contributed by atoms with Crippen LogP contribution in [-0.4, -0.2) is 35.1 Å². The molecule has 0 amide bonds. The summed E-state index contributed by atoms with van der Waals surface area (Å²) in [6.45, 7) is -0.306. The van der Waals surface area contributed by atoms with E-state index in [1.165, 1.54) is 5.56 Å². The first-order valence-electron chi connectivity index (χ1n) is 5.31. The van der Waals surface area contributed by atoms with Gasteiger partial charge >= 0.3 is 5.97 Å². The lowest BCUT2D eigenvalue weighted by Crippen LogP contribution is -2.17. The number of aliphatic hydroxyl groups is 1. The van der Waals surface area contributed by atoms with Gasteiger partial charge < -0.3 is 15.1 Å². The Hall–Kier alpha value is -1.88. The molecule has 0 unspecified atom stereocenters. The lowest BCUT2D eigenvalue weighted by atomic mass is 10.1. The molecule has 1 rings (SSSR count). The van der Waals surface area contributed by atoms with Crippen molar-refractivity contribution in [3.63, 3.8) is 0 Å². The number of aliphatic carboxylic acids is 1. The maximum atomic E-state index is 10.4. The molecule has 0 bridgehead atoms. The normalized spacial score (nSPS) is 11.2.